The lowest BCUT2D eigenvalue weighted by molar-refractivity contribution is -0.127. The zero-order chi connectivity index (χ0) is 20.0. The minimum Gasteiger partial charge on any atom is -0.493 e. The maximum atomic E-state index is 12.4. The average molecular weight is 373 g/mol. The van der Waals surface area contributed by atoms with Crippen LogP contribution < -0.4 is 24.3 Å². The van der Waals surface area contributed by atoms with Gasteiger partial charge in [0.2, 0.25) is 5.75 Å². The van der Waals surface area contributed by atoms with E-state index in [4.69, 9.17) is 18.9 Å². The van der Waals surface area contributed by atoms with Crippen molar-refractivity contribution in [2.75, 3.05) is 21.3 Å². The van der Waals surface area contributed by atoms with Crippen molar-refractivity contribution in [2.45, 2.75) is 33.4 Å². The lowest BCUT2D eigenvalue weighted by Crippen LogP contribution is -2.36. The zero-order valence-electron chi connectivity index (χ0n) is 16.7. The van der Waals surface area contributed by atoms with E-state index in [-0.39, 0.29) is 12.5 Å². The van der Waals surface area contributed by atoms with Crippen molar-refractivity contribution in [2.24, 2.45) is 0 Å². The van der Waals surface area contributed by atoms with Crippen molar-refractivity contribution >= 4 is 5.91 Å². The Morgan fingerprint density at radius 3 is 2.26 bits per heavy atom. The fourth-order valence-corrected chi connectivity index (χ4v) is 2.67. The smallest absolute Gasteiger partial charge is 0.261 e. The predicted octanol–water partition coefficient (Wildman–Crippen LogP) is 3.41. The number of methoxy groups -OCH3 is 3. The molecule has 1 N–H and O–H groups in total. The molecule has 6 heteroatoms. The normalized spacial score (nSPS) is 11.5. The van der Waals surface area contributed by atoms with Crippen LogP contribution in [0, 0.1) is 13.8 Å². The molecular weight excluding hydrogens is 346 g/mol. The second-order valence-corrected chi connectivity index (χ2v) is 6.22. The fourth-order valence-electron chi connectivity index (χ4n) is 2.67. The van der Waals surface area contributed by atoms with Gasteiger partial charge in [0.1, 0.15) is 5.75 Å². The number of aryl methyl sites for hydroxylation is 2. The van der Waals surface area contributed by atoms with Crippen LogP contribution in [0.5, 0.6) is 23.0 Å². The highest BCUT2D eigenvalue weighted by Crippen LogP contribution is 2.39. The monoisotopic (exact) mass is 373 g/mol. The van der Waals surface area contributed by atoms with Crippen LogP contribution in [0.2, 0.25) is 0 Å². The van der Waals surface area contributed by atoms with Crippen LogP contribution in [0.3, 0.4) is 0 Å². The standard InChI is InChI=1S/C21H27NO5/c1-13-7-9-17(11-14(13)2)27-15(3)21(23)22-12-16-8-10-18(24-4)20(26-6)19(16)25-5/h7-11,15H,12H2,1-6H3,(H,22,23)/t15-/m0/s1. The number of carbonyl (C=O) groups excluding carboxylic acids is 1. The summed E-state index contributed by atoms with van der Waals surface area (Å²) in [5.74, 6) is 2.04. The van der Waals surface area contributed by atoms with Crippen LogP contribution >= 0.6 is 0 Å². The summed E-state index contributed by atoms with van der Waals surface area (Å²) in [6.07, 6.45) is -0.627. The number of rotatable bonds is 8. The minimum atomic E-state index is -0.627. The molecule has 2 aromatic carbocycles. The molecule has 0 fully saturated rings. The number of carbonyl (C=O) groups is 1. The molecule has 0 unspecified atom stereocenters. The van der Waals surface area contributed by atoms with Crippen LogP contribution in [0.1, 0.15) is 23.6 Å². The molecule has 0 spiro atoms. The Morgan fingerprint density at radius 2 is 1.67 bits per heavy atom. The Bertz CT molecular complexity index is 803. The Balaban J connectivity index is 2.05. The van der Waals surface area contributed by atoms with E-state index >= 15 is 0 Å². The summed E-state index contributed by atoms with van der Waals surface area (Å²) in [7, 11) is 4.65. The number of hydrogen-bond acceptors (Lipinski definition) is 5. The summed E-state index contributed by atoms with van der Waals surface area (Å²) in [4.78, 5) is 12.4. The van der Waals surface area contributed by atoms with Gasteiger partial charge in [-0.3, -0.25) is 4.79 Å². The largest absolute Gasteiger partial charge is 0.493 e. The number of benzene rings is 2. The number of amides is 1. The third-order valence-corrected chi connectivity index (χ3v) is 4.40. The van der Waals surface area contributed by atoms with E-state index in [0.717, 1.165) is 11.1 Å². The SMILES string of the molecule is COc1ccc(CNC(=O)[C@H](C)Oc2ccc(C)c(C)c2)c(OC)c1OC. The molecule has 0 aromatic heterocycles. The molecule has 0 bridgehead atoms. The van der Waals surface area contributed by atoms with Crippen LogP contribution in [0.4, 0.5) is 0 Å². The van der Waals surface area contributed by atoms with Crippen LogP contribution in [0.25, 0.3) is 0 Å². The maximum absolute atomic E-state index is 12.4. The van der Waals surface area contributed by atoms with Crippen LogP contribution in [-0.4, -0.2) is 33.3 Å². The third-order valence-electron chi connectivity index (χ3n) is 4.40. The first kappa shape index (κ1) is 20.4. The van der Waals surface area contributed by atoms with Gasteiger partial charge in [0.15, 0.2) is 17.6 Å². The molecule has 146 valence electrons. The zero-order valence-corrected chi connectivity index (χ0v) is 16.7. The summed E-state index contributed by atoms with van der Waals surface area (Å²) in [6, 6.07) is 9.37. The maximum Gasteiger partial charge on any atom is 0.261 e. The van der Waals surface area contributed by atoms with Crippen molar-refractivity contribution in [3.63, 3.8) is 0 Å². The molecule has 2 aromatic rings. The summed E-state index contributed by atoms with van der Waals surface area (Å²) in [6.45, 7) is 6.04. The van der Waals surface area contributed by atoms with Gasteiger partial charge in [-0.1, -0.05) is 6.07 Å². The molecule has 1 atom stereocenters. The molecule has 1 amide bonds. The third kappa shape index (κ3) is 4.84. The van der Waals surface area contributed by atoms with Gasteiger partial charge >= 0.3 is 0 Å². The Hall–Kier alpha value is -2.89. The first-order valence-electron chi connectivity index (χ1n) is 8.70. The molecule has 27 heavy (non-hydrogen) atoms. The van der Waals surface area contributed by atoms with Gasteiger partial charge in [0.25, 0.3) is 5.91 Å². The summed E-state index contributed by atoms with van der Waals surface area (Å²) >= 11 is 0. The van der Waals surface area contributed by atoms with E-state index in [1.807, 2.05) is 38.1 Å². The molecule has 0 saturated heterocycles. The highest BCUT2D eigenvalue weighted by Gasteiger charge is 2.19. The molecule has 0 aliphatic carbocycles. The molecule has 0 radical (unpaired) electrons. The minimum absolute atomic E-state index is 0.218. The molecule has 0 aliphatic heterocycles. The highest BCUT2D eigenvalue weighted by atomic mass is 16.5. The molecule has 2 rings (SSSR count). The van der Waals surface area contributed by atoms with Gasteiger partial charge in [-0.2, -0.15) is 0 Å². The van der Waals surface area contributed by atoms with E-state index in [0.29, 0.717) is 23.0 Å². The fraction of sp³-hybridized carbons (Fsp3) is 0.381. The quantitative estimate of drug-likeness (QED) is 0.768. The topological polar surface area (TPSA) is 66.0 Å². The Kier molecular flexibility index (Phi) is 6.93. The second-order valence-electron chi connectivity index (χ2n) is 6.22. The van der Waals surface area contributed by atoms with E-state index in [9.17, 15) is 4.79 Å². The number of nitrogens with one attached hydrogen (secondary N) is 1. The van der Waals surface area contributed by atoms with Crippen molar-refractivity contribution in [1.29, 1.82) is 0 Å². The molecule has 0 aliphatic rings. The molecule has 0 heterocycles. The lowest BCUT2D eigenvalue weighted by Gasteiger charge is -2.18. The lowest BCUT2D eigenvalue weighted by atomic mass is 10.1. The van der Waals surface area contributed by atoms with Crippen LogP contribution in [0.15, 0.2) is 30.3 Å². The van der Waals surface area contributed by atoms with Crippen molar-refractivity contribution in [3.05, 3.63) is 47.0 Å². The van der Waals surface area contributed by atoms with E-state index in [1.54, 1.807) is 34.3 Å². The van der Waals surface area contributed by atoms with Gasteiger partial charge in [0.05, 0.1) is 21.3 Å². The van der Waals surface area contributed by atoms with E-state index in [1.165, 1.54) is 5.56 Å². The summed E-state index contributed by atoms with van der Waals surface area (Å²) in [5, 5.41) is 2.87. The predicted molar refractivity (Wildman–Crippen MR) is 104 cm³/mol. The number of ether oxygens (including phenoxy) is 4. The van der Waals surface area contributed by atoms with Crippen molar-refractivity contribution in [1.82, 2.24) is 5.32 Å². The Morgan fingerprint density at radius 1 is 0.963 bits per heavy atom. The number of hydrogen-bond donors (Lipinski definition) is 1. The van der Waals surface area contributed by atoms with Gasteiger partial charge in [-0.25, -0.2) is 0 Å². The van der Waals surface area contributed by atoms with Crippen LogP contribution in [-0.2, 0) is 11.3 Å². The van der Waals surface area contributed by atoms with Gasteiger partial charge in [-0.15, -0.1) is 0 Å². The average Bonchev–Trinajstić information content (AvgIpc) is 2.67. The summed E-state index contributed by atoms with van der Waals surface area (Å²) in [5.41, 5.74) is 3.08. The molecule has 0 saturated carbocycles. The van der Waals surface area contributed by atoms with Gasteiger partial charge in [-0.05, 0) is 56.2 Å². The first-order chi connectivity index (χ1) is 12.9. The second kappa shape index (κ2) is 9.16. The first-order valence-corrected chi connectivity index (χ1v) is 8.70. The Labute approximate surface area is 160 Å². The molecular formula is C21H27NO5. The highest BCUT2D eigenvalue weighted by molar-refractivity contribution is 5.80. The van der Waals surface area contributed by atoms with E-state index in [2.05, 4.69) is 5.32 Å². The van der Waals surface area contributed by atoms with Gasteiger partial charge < -0.3 is 24.3 Å². The van der Waals surface area contributed by atoms with Crippen molar-refractivity contribution in [3.8, 4) is 23.0 Å². The van der Waals surface area contributed by atoms with Crippen molar-refractivity contribution < 1.29 is 23.7 Å². The van der Waals surface area contributed by atoms with Gasteiger partial charge in [0, 0.05) is 12.1 Å². The molecule has 6 nitrogen and oxygen atoms in total. The van der Waals surface area contributed by atoms with E-state index < -0.39 is 6.10 Å². The summed E-state index contributed by atoms with van der Waals surface area (Å²) < 4.78 is 21.8.